The lowest BCUT2D eigenvalue weighted by Crippen LogP contribution is -2.02. The third-order valence-corrected chi connectivity index (χ3v) is 6.11. The fraction of sp³-hybridized carbons (Fsp3) is 0. The van der Waals surface area contributed by atoms with Crippen LogP contribution >= 0.6 is 27.5 Å². The van der Waals surface area contributed by atoms with Crippen molar-refractivity contribution in [3.05, 3.63) is 58.0 Å². The van der Waals surface area contributed by atoms with Gasteiger partial charge in [-0.15, -0.1) is 0 Å². The van der Waals surface area contributed by atoms with Gasteiger partial charge in [-0.05, 0) is 40.2 Å². The molecule has 1 N–H and O–H groups in total. The van der Waals surface area contributed by atoms with E-state index in [0.29, 0.717) is 20.4 Å². The SMILES string of the molecule is O=S(=O)(c1ccccc1)c1[nH]c2cccc(Cl)c2c1Br. The van der Waals surface area contributed by atoms with Crippen LogP contribution < -0.4 is 0 Å². The molecule has 3 rings (SSSR count). The van der Waals surface area contributed by atoms with Gasteiger partial charge >= 0.3 is 0 Å². The normalized spacial score (nSPS) is 11.9. The average Bonchev–Trinajstić information content (AvgIpc) is 2.79. The molecule has 1 heterocycles. The number of hydrogen-bond donors (Lipinski definition) is 1. The van der Waals surface area contributed by atoms with Gasteiger partial charge in [0.1, 0.15) is 0 Å². The van der Waals surface area contributed by atoms with Crippen molar-refractivity contribution in [3.8, 4) is 0 Å². The van der Waals surface area contributed by atoms with Gasteiger partial charge in [0.15, 0.2) is 5.03 Å². The second-order valence-corrected chi connectivity index (χ2v) is 7.33. The Morgan fingerprint density at radius 3 is 2.35 bits per heavy atom. The average molecular weight is 371 g/mol. The van der Waals surface area contributed by atoms with Crippen LogP contribution in [0.25, 0.3) is 10.9 Å². The number of halogens is 2. The molecule has 6 heteroatoms. The third kappa shape index (κ3) is 2.06. The van der Waals surface area contributed by atoms with Gasteiger partial charge < -0.3 is 4.98 Å². The van der Waals surface area contributed by atoms with Crippen molar-refractivity contribution in [2.75, 3.05) is 0 Å². The number of aromatic amines is 1. The molecule has 0 atom stereocenters. The van der Waals surface area contributed by atoms with Crippen LogP contribution in [0.2, 0.25) is 5.02 Å². The largest absolute Gasteiger partial charge is 0.344 e. The highest BCUT2D eigenvalue weighted by molar-refractivity contribution is 9.10. The van der Waals surface area contributed by atoms with E-state index in [0.717, 1.165) is 0 Å². The Hall–Kier alpha value is -1.30. The van der Waals surface area contributed by atoms with Gasteiger partial charge in [-0.2, -0.15) is 0 Å². The first-order valence-corrected chi connectivity index (χ1v) is 8.43. The number of H-pyrrole nitrogens is 1. The van der Waals surface area contributed by atoms with E-state index >= 15 is 0 Å². The molecular weight excluding hydrogens is 362 g/mol. The van der Waals surface area contributed by atoms with E-state index in [1.165, 1.54) is 0 Å². The van der Waals surface area contributed by atoms with Crippen LogP contribution in [0.4, 0.5) is 0 Å². The molecule has 3 aromatic rings. The fourth-order valence-corrected chi connectivity index (χ4v) is 4.93. The zero-order valence-electron chi connectivity index (χ0n) is 10.1. The number of fused-ring (bicyclic) bond motifs is 1. The summed E-state index contributed by atoms with van der Waals surface area (Å²) in [6.07, 6.45) is 0. The molecular formula is C14H9BrClNO2S. The Kier molecular flexibility index (Phi) is 3.36. The summed E-state index contributed by atoms with van der Waals surface area (Å²) in [5.74, 6) is 0. The molecule has 0 radical (unpaired) electrons. The molecule has 102 valence electrons. The zero-order chi connectivity index (χ0) is 14.3. The van der Waals surface area contributed by atoms with Crippen molar-refractivity contribution in [1.29, 1.82) is 0 Å². The zero-order valence-corrected chi connectivity index (χ0v) is 13.3. The summed E-state index contributed by atoms with van der Waals surface area (Å²) in [6.45, 7) is 0. The van der Waals surface area contributed by atoms with Crippen LogP contribution in [-0.2, 0) is 9.84 Å². The van der Waals surface area contributed by atoms with Crippen molar-refractivity contribution >= 4 is 48.3 Å². The first-order valence-electron chi connectivity index (χ1n) is 5.77. The summed E-state index contributed by atoms with van der Waals surface area (Å²) in [6, 6.07) is 13.6. The molecule has 0 aliphatic rings. The van der Waals surface area contributed by atoms with Gasteiger partial charge in [0.2, 0.25) is 9.84 Å². The van der Waals surface area contributed by atoms with E-state index in [1.54, 1.807) is 48.5 Å². The highest BCUT2D eigenvalue weighted by Gasteiger charge is 2.25. The summed E-state index contributed by atoms with van der Waals surface area (Å²) in [5, 5.41) is 1.29. The number of hydrogen-bond acceptors (Lipinski definition) is 2. The molecule has 0 saturated carbocycles. The van der Waals surface area contributed by atoms with Crippen LogP contribution in [0.5, 0.6) is 0 Å². The molecule has 0 spiro atoms. The predicted molar refractivity (Wildman–Crippen MR) is 82.9 cm³/mol. The molecule has 2 aromatic carbocycles. The standard InChI is InChI=1S/C14H9BrClNO2S/c15-13-12-10(16)7-4-8-11(12)17-14(13)20(18,19)9-5-2-1-3-6-9/h1-8,17H. The number of aromatic nitrogens is 1. The van der Waals surface area contributed by atoms with Gasteiger partial charge in [-0.25, -0.2) is 8.42 Å². The number of rotatable bonds is 2. The van der Waals surface area contributed by atoms with Crippen LogP contribution in [0.15, 0.2) is 62.9 Å². The van der Waals surface area contributed by atoms with Gasteiger partial charge in [0.05, 0.1) is 14.4 Å². The van der Waals surface area contributed by atoms with Gasteiger partial charge in [0, 0.05) is 10.9 Å². The number of nitrogens with one attached hydrogen (secondary N) is 1. The Balaban J connectivity index is 2.31. The molecule has 0 amide bonds. The molecule has 0 fully saturated rings. The summed E-state index contributed by atoms with van der Waals surface area (Å²) >= 11 is 9.47. The Labute approximate surface area is 129 Å². The molecule has 0 unspecified atom stereocenters. The predicted octanol–water partition coefficient (Wildman–Crippen LogP) is 4.42. The monoisotopic (exact) mass is 369 g/mol. The van der Waals surface area contributed by atoms with Gasteiger partial charge in [0.25, 0.3) is 0 Å². The molecule has 20 heavy (non-hydrogen) atoms. The van der Waals surface area contributed by atoms with Crippen LogP contribution in [-0.4, -0.2) is 13.4 Å². The van der Waals surface area contributed by atoms with Crippen molar-refractivity contribution < 1.29 is 8.42 Å². The third-order valence-electron chi connectivity index (χ3n) is 3.00. The highest BCUT2D eigenvalue weighted by Crippen LogP contribution is 2.37. The van der Waals surface area contributed by atoms with Crippen molar-refractivity contribution in [3.63, 3.8) is 0 Å². The van der Waals surface area contributed by atoms with E-state index in [-0.39, 0.29) is 9.92 Å². The maximum atomic E-state index is 12.6. The molecule has 1 aromatic heterocycles. The molecule has 0 saturated heterocycles. The van der Waals surface area contributed by atoms with Crippen molar-refractivity contribution in [1.82, 2.24) is 4.98 Å². The lowest BCUT2D eigenvalue weighted by atomic mass is 10.2. The van der Waals surface area contributed by atoms with E-state index < -0.39 is 9.84 Å². The molecule has 0 aliphatic heterocycles. The van der Waals surface area contributed by atoms with Gasteiger partial charge in [-0.1, -0.05) is 35.9 Å². The second kappa shape index (κ2) is 4.91. The first kappa shape index (κ1) is 13.7. The maximum Gasteiger partial charge on any atom is 0.222 e. The van der Waals surface area contributed by atoms with E-state index in [4.69, 9.17) is 11.6 Å². The summed E-state index contributed by atoms with van der Waals surface area (Å²) in [5.41, 5.74) is 0.680. The Morgan fingerprint density at radius 2 is 1.70 bits per heavy atom. The van der Waals surface area contributed by atoms with Crippen LogP contribution in [0.3, 0.4) is 0 Å². The number of sulfone groups is 1. The Bertz CT molecular complexity index is 888. The van der Waals surface area contributed by atoms with E-state index in [2.05, 4.69) is 20.9 Å². The molecule has 0 bridgehead atoms. The fourth-order valence-electron chi connectivity index (χ4n) is 2.04. The van der Waals surface area contributed by atoms with Gasteiger partial charge in [-0.3, -0.25) is 0 Å². The topological polar surface area (TPSA) is 49.9 Å². The lowest BCUT2D eigenvalue weighted by molar-refractivity contribution is 0.593. The van der Waals surface area contributed by atoms with Crippen LogP contribution in [0, 0.1) is 0 Å². The van der Waals surface area contributed by atoms with E-state index in [1.807, 2.05) is 0 Å². The van der Waals surface area contributed by atoms with Crippen molar-refractivity contribution in [2.24, 2.45) is 0 Å². The minimum atomic E-state index is -3.61. The first-order chi connectivity index (χ1) is 9.51. The highest BCUT2D eigenvalue weighted by atomic mass is 79.9. The molecule has 0 aliphatic carbocycles. The second-order valence-electron chi connectivity index (χ2n) is 4.25. The number of benzene rings is 2. The summed E-state index contributed by atoms with van der Waals surface area (Å²) in [4.78, 5) is 3.16. The van der Waals surface area contributed by atoms with Crippen LogP contribution in [0.1, 0.15) is 0 Å². The van der Waals surface area contributed by atoms with E-state index in [9.17, 15) is 8.42 Å². The smallest absolute Gasteiger partial charge is 0.222 e. The quantitative estimate of drug-likeness (QED) is 0.726. The summed E-state index contributed by atoms with van der Waals surface area (Å²) in [7, 11) is -3.61. The summed E-state index contributed by atoms with van der Waals surface area (Å²) < 4.78 is 25.7. The minimum absolute atomic E-state index is 0.117. The minimum Gasteiger partial charge on any atom is -0.344 e. The lowest BCUT2D eigenvalue weighted by Gasteiger charge is -2.02. The van der Waals surface area contributed by atoms with Crippen molar-refractivity contribution in [2.45, 2.75) is 9.92 Å². The Morgan fingerprint density at radius 1 is 1.00 bits per heavy atom. The molecule has 3 nitrogen and oxygen atoms in total. The maximum absolute atomic E-state index is 12.6.